The summed E-state index contributed by atoms with van der Waals surface area (Å²) in [5.41, 5.74) is 3.18. The fraction of sp³-hybridized carbons (Fsp3) is 0.800. The zero-order valence-corrected chi connectivity index (χ0v) is 20.1. The highest BCUT2D eigenvalue weighted by Gasteiger charge is 2.38. The molecule has 3 fully saturated rings. The molecule has 3 aliphatic carbocycles. The molecule has 30 heavy (non-hydrogen) atoms. The first kappa shape index (κ1) is 22.4. The third kappa shape index (κ3) is 5.72. The van der Waals surface area contributed by atoms with Gasteiger partial charge < -0.3 is 0 Å². The average molecular weight is 409 g/mol. The molecule has 0 amide bonds. The Morgan fingerprint density at radius 3 is 1.93 bits per heavy atom. The lowest BCUT2D eigenvalue weighted by Crippen LogP contribution is -2.34. The molecule has 1 aromatic carbocycles. The molecule has 4 unspecified atom stereocenters. The van der Waals surface area contributed by atoms with Crippen molar-refractivity contribution in [3.05, 3.63) is 35.4 Å². The Morgan fingerprint density at radius 1 is 0.633 bits per heavy atom. The molecule has 0 saturated heterocycles. The van der Waals surface area contributed by atoms with Crippen LogP contribution in [0.5, 0.6) is 0 Å². The molecule has 0 N–H and O–H groups in total. The first-order valence-electron chi connectivity index (χ1n) is 13.9. The van der Waals surface area contributed by atoms with Crippen molar-refractivity contribution in [3.63, 3.8) is 0 Å². The van der Waals surface area contributed by atoms with E-state index in [-0.39, 0.29) is 0 Å². The van der Waals surface area contributed by atoms with Crippen molar-refractivity contribution in [3.8, 4) is 0 Å². The molecule has 0 spiro atoms. The van der Waals surface area contributed by atoms with Crippen LogP contribution in [0.3, 0.4) is 0 Å². The van der Waals surface area contributed by atoms with Gasteiger partial charge in [-0.15, -0.1) is 0 Å². The topological polar surface area (TPSA) is 0 Å². The number of unbranched alkanes of at least 4 members (excludes halogenated alkanes) is 2. The quantitative estimate of drug-likeness (QED) is 0.402. The Bertz CT molecular complexity index is 605. The highest BCUT2D eigenvalue weighted by molar-refractivity contribution is 5.26. The van der Waals surface area contributed by atoms with Crippen molar-refractivity contribution in [1.82, 2.24) is 0 Å². The van der Waals surface area contributed by atoms with Crippen molar-refractivity contribution < 1.29 is 0 Å². The van der Waals surface area contributed by atoms with Crippen molar-refractivity contribution in [2.75, 3.05) is 0 Å². The van der Waals surface area contributed by atoms with E-state index in [1.54, 1.807) is 49.7 Å². The molecular formula is C30H48. The molecule has 168 valence electrons. The summed E-state index contributed by atoms with van der Waals surface area (Å²) in [4.78, 5) is 0. The van der Waals surface area contributed by atoms with Crippen LogP contribution in [-0.2, 0) is 6.42 Å². The van der Waals surface area contributed by atoms with Crippen LogP contribution in [0.25, 0.3) is 0 Å². The van der Waals surface area contributed by atoms with Gasteiger partial charge in [-0.05, 0) is 111 Å². The van der Waals surface area contributed by atoms with Crippen molar-refractivity contribution in [2.45, 2.75) is 122 Å². The van der Waals surface area contributed by atoms with E-state index in [0.29, 0.717) is 0 Å². The molecule has 0 heterocycles. The second-order valence-electron chi connectivity index (χ2n) is 11.4. The largest absolute Gasteiger partial charge is 0.0654 e. The van der Waals surface area contributed by atoms with E-state index >= 15 is 0 Å². The Morgan fingerprint density at radius 2 is 1.23 bits per heavy atom. The maximum Gasteiger partial charge on any atom is -0.0159 e. The summed E-state index contributed by atoms with van der Waals surface area (Å²) in [5, 5.41) is 0. The molecule has 0 bridgehead atoms. The average Bonchev–Trinajstić information content (AvgIpc) is 2.81. The zero-order chi connectivity index (χ0) is 20.8. The molecule has 3 aliphatic rings. The third-order valence-electron chi connectivity index (χ3n) is 9.45. The third-order valence-corrected chi connectivity index (χ3v) is 9.45. The summed E-state index contributed by atoms with van der Waals surface area (Å²) in [6.45, 7) is 4.64. The Balaban J connectivity index is 1.24. The normalized spacial score (nSPS) is 34.5. The predicted molar refractivity (Wildman–Crippen MR) is 131 cm³/mol. The van der Waals surface area contributed by atoms with Crippen LogP contribution in [-0.4, -0.2) is 0 Å². The van der Waals surface area contributed by atoms with Gasteiger partial charge in [0.1, 0.15) is 0 Å². The Kier molecular flexibility index (Phi) is 8.36. The molecular weight excluding hydrogens is 360 g/mol. The molecule has 0 aliphatic heterocycles. The first-order valence-corrected chi connectivity index (χ1v) is 13.9. The van der Waals surface area contributed by atoms with E-state index < -0.39 is 0 Å². The standard InChI is InChI=1S/C30H48/c1-3-5-7-23-9-13-25(14-10-23)27-17-19-30-22-28(18-20-29(30)21-27)26-15-11-24(12-16-26)8-6-4-2/h9-10,13-14,24,26-30H,3-8,11-12,15-22H2,1-2H3. The van der Waals surface area contributed by atoms with Crippen LogP contribution in [0, 0.1) is 29.6 Å². The second kappa shape index (κ2) is 11.2. The summed E-state index contributed by atoms with van der Waals surface area (Å²) in [6, 6.07) is 9.78. The molecule has 4 atom stereocenters. The summed E-state index contributed by atoms with van der Waals surface area (Å²) >= 11 is 0. The number of rotatable bonds is 8. The van der Waals surface area contributed by atoms with E-state index in [0.717, 1.165) is 35.5 Å². The summed E-state index contributed by atoms with van der Waals surface area (Å²) < 4.78 is 0. The lowest BCUT2D eigenvalue weighted by Gasteiger charge is -2.45. The van der Waals surface area contributed by atoms with Gasteiger partial charge in [0.2, 0.25) is 0 Å². The van der Waals surface area contributed by atoms with Crippen molar-refractivity contribution >= 4 is 0 Å². The van der Waals surface area contributed by atoms with Crippen LogP contribution >= 0.6 is 0 Å². The van der Waals surface area contributed by atoms with Gasteiger partial charge in [0.25, 0.3) is 0 Å². The highest BCUT2D eigenvalue weighted by atomic mass is 14.4. The summed E-state index contributed by atoms with van der Waals surface area (Å²) in [6.07, 6.45) is 23.6. The predicted octanol–water partition coefficient (Wildman–Crippen LogP) is 9.33. The molecule has 0 aromatic heterocycles. The van der Waals surface area contributed by atoms with Crippen LogP contribution in [0.2, 0.25) is 0 Å². The van der Waals surface area contributed by atoms with Gasteiger partial charge in [0.05, 0.1) is 0 Å². The van der Waals surface area contributed by atoms with E-state index in [9.17, 15) is 0 Å². The van der Waals surface area contributed by atoms with Crippen molar-refractivity contribution in [2.24, 2.45) is 29.6 Å². The SMILES string of the molecule is CCCCc1ccc(C2CCC3CC(C4CCC(CCCC)CC4)CCC3C2)cc1. The van der Waals surface area contributed by atoms with E-state index in [1.165, 1.54) is 64.2 Å². The molecule has 0 radical (unpaired) electrons. The summed E-state index contributed by atoms with van der Waals surface area (Å²) in [7, 11) is 0. The van der Waals surface area contributed by atoms with Gasteiger partial charge in [-0.25, -0.2) is 0 Å². The molecule has 0 nitrogen and oxygen atoms in total. The highest BCUT2D eigenvalue weighted by Crippen LogP contribution is 2.51. The fourth-order valence-electron chi connectivity index (χ4n) is 7.43. The van der Waals surface area contributed by atoms with E-state index in [4.69, 9.17) is 0 Å². The second-order valence-corrected chi connectivity index (χ2v) is 11.4. The van der Waals surface area contributed by atoms with Gasteiger partial charge in [-0.2, -0.15) is 0 Å². The van der Waals surface area contributed by atoms with Crippen LogP contribution < -0.4 is 0 Å². The Hall–Kier alpha value is -0.780. The monoisotopic (exact) mass is 408 g/mol. The van der Waals surface area contributed by atoms with Crippen molar-refractivity contribution in [1.29, 1.82) is 0 Å². The number of benzene rings is 1. The lowest BCUT2D eigenvalue weighted by molar-refractivity contribution is 0.0711. The lowest BCUT2D eigenvalue weighted by atomic mass is 9.60. The van der Waals surface area contributed by atoms with Crippen LogP contribution in [0.4, 0.5) is 0 Å². The first-order chi connectivity index (χ1) is 14.8. The number of aryl methyl sites for hydroxylation is 1. The number of hydrogen-bond donors (Lipinski definition) is 0. The summed E-state index contributed by atoms with van der Waals surface area (Å²) in [5.74, 6) is 6.16. The van der Waals surface area contributed by atoms with E-state index in [1.807, 2.05) is 0 Å². The van der Waals surface area contributed by atoms with Gasteiger partial charge in [0, 0.05) is 0 Å². The van der Waals surface area contributed by atoms with E-state index in [2.05, 4.69) is 38.1 Å². The minimum absolute atomic E-state index is 0.844. The molecule has 3 saturated carbocycles. The Labute approximate surface area is 187 Å². The minimum Gasteiger partial charge on any atom is -0.0654 e. The van der Waals surface area contributed by atoms with Gasteiger partial charge >= 0.3 is 0 Å². The molecule has 4 rings (SSSR count). The number of fused-ring (bicyclic) bond motifs is 1. The maximum absolute atomic E-state index is 2.47. The zero-order valence-electron chi connectivity index (χ0n) is 20.1. The maximum atomic E-state index is 2.47. The van der Waals surface area contributed by atoms with Crippen LogP contribution in [0.15, 0.2) is 24.3 Å². The smallest absolute Gasteiger partial charge is 0.0159 e. The van der Waals surface area contributed by atoms with Gasteiger partial charge in [-0.3, -0.25) is 0 Å². The van der Waals surface area contributed by atoms with Gasteiger partial charge in [0.15, 0.2) is 0 Å². The molecule has 1 aromatic rings. The van der Waals surface area contributed by atoms with Crippen LogP contribution in [0.1, 0.15) is 127 Å². The number of hydrogen-bond acceptors (Lipinski definition) is 0. The minimum atomic E-state index is 0.844. The molecule has 0 heteroatoms. The van der Waals surface area contributed by atoms with Gasteiger partial charge in [-0.1, -0.05) is 76.6 Å². The fourth-order valence-corrected chi connectivity index (χ4v) is 7.43.